The normalized spacial score (nSPS) is 28.5. The van der Waals surface area contributed by atoms with Crippen molar-refractivity contribution in [3.8, 4) is 11.5 Å². The number of benzene rings is 2. The van der Waals surface area contributed by atoms with Gasteiger partial charge < -0.3 is 9.47 Å². The minimum atomic E-state index is -5.10. The van der Waals surface area contributed by atoms with Crippen LogP contribution in [0, 0.1) is 35.3 Å². The van der Waals surface area contributed by atoms with Crippen LogP contribution < -0.4 is 9.47 Å². The van der Waals surface area contributed by atoms with E-state index in [1.165, 1.54) is 25.7 Å². The van der Waals surface area contributed by atoms with Crippen molar-refractivity contribution in [1.82, 2.24) is 0 Å². The Balaban J connectivity index is 1.08. The fourth-order valence-corrected chi connectivity index (χ4v) is 8.14. The second-order valence-corrected chi connectivity index (χ2v) is 13.3. The summed E-state index contributed by atoms with van der Waals surface area (Å²) in [6, 6.07) is 7.86. The van der Waals surface area contributed by atoms with E-state index in [9.17, 15) is 26.3 Å². The Morgan fingerprint density at radius 2 is 1.27 bits per heavy atom. The quantitative estimate of drug-likeness (QED) is 0.257. The van der Waals surface area contributed by atoms with Crippen molar-refractivity contribution in [2.45, 2.75) is 121 Å². The highest BCUT2D eigenvalue weighted by Crippen LogP contribution is 2.48. The molecule has 2 aromatic rings. The molecular weight excluding hydrogens is 585 g/mol. The van der Waals surface area contributed by atoms with Crippen molar-refractivity contribution >= 4 is 0 Å². The topological polar surface area (TPSA) is 18.5 Å². The van der Waals surface area contributed by atoms with Crippen LogP contribution in [0.2, 0.25) is 0 Å². The number of alkyl halides is 5. The van der Waals surface area contributed by atoms with Crippen LogP contribution in [0.25, 0.3) is 0 Å². The molecule has 0 saturated heterocycles. The molecule has 5 rings (SSSR count). The Kier molecular flexibility index (Phi) is 10.4. The maximum absolute atomic E-state index is 15.3. The monoisotopic (exact) mass is 628 g/mol. The summed E-state index contributed by atoms with van der Waals surface area (Å²) in [7, 11) is 0. The first kappa shape index (κ1) is 32.9. The molecule has 0 spiro atoms. The van der Waals surface area contributed by atoms with Gasteiger partial charge in [0.15, 0.2) is 11.6 Å². The average molecular weight is 629 g/mol. The summed E-state index contributed by atoms with van der Waals surface area (Å²) in [5.41, 5.74) is 1.94. The minimum Gasteiger partial charge on any atom is -0.432 e. The number of hydrogen-bond donors (Lipinski definition) is 0. The molecule has 3 aliphatic carbocycles. The lowest BCUT2D eigenvalue weighted by molar-refractivity contribution is -0.275. The maximum atomic E-state index is 15.3. The third kappa shape index (κ3) is 8.22. The van der Waals surface area contributed by atoms with Crippen LogP contribution in [0.1, 0.15) is 120 Å². The van der Waals surface area contributed by atoms with Gasteiger partial charge in [0.1, 0.15) is 11.6 Å². The first-order valence-electron chi connectivity index (χ1n) is 16.3. The van der Waals surface area contributed by atoms with Crippen molar-refractivity contribution in [1.29, 1.82) is 0 Å². The highest BCUT2D eigenvalue weighted by molar-refractivity contribution is 5.33. The minimum absolute atomic E-state index is 0.0910. The maximum Gasteiger partial charge on any atom is 0.573 e. The zero-order chi connectivity index (χ0) is 31.5. The average Bonchev–Trinajstić information content (AvgIpc) is 2.99. The molecule has 3 fully saturated rings. The molecule has 0 radical (unpaired) electrons. The molecule has 0 heterocycles. The van der Waals surface area contributed by atoms with E-state index in [0.29, 0.717) is 42.7 Å². The van der Waals surface area contributed by atoms with E-state index in [-0.39, 0.29) is 24.6 Å². The van der Waals surface area contributed by atoms with Crippen LogP contribution in [-0.4, -0.2) is 12.5 Å². The van der Waals surface area contributed by atoms with Gasteiger partial charge in [-0.15, -0.1) is 13.2 Å². The van der Waals surface area contributed by atoms with Gasteiger partial charge >= 0.3 is 12.5 Å². The van der Waals surface area contributed by atoms with Gasteiger partial charge in [-0.1, -0.05) is 31.9 Å². The first-order chi connectivity index (χ1) is 20.9. The number of ether oxygens (including phenoxy) is 2. The van der Waals surface area contributed by atoms with Gasteiger partial charge in [0.05, 0.1) is 5.92 Å². The van der Waals surface area contributed by atoms with E-state index in [1.54, 1.807) is 6.07 Å². The lowest BCUT2D eigenvalue weighted by atomic mass is 9.68. The van der Waals surface area contributed by atoms with Crippen LogP contribution in [0.4, 0.5) is 30.7 Å². The Morgan fingerprint density at radius 3 is 1.84 bits per heavy atom. The van der Waals surface area contributed by atoms with Gasteiger partial charge in [-0.25, -0.2) is 8.78 Å². The van der Waals surface area contributed by atoms with Crippen molar-refractivity contribution in [2.75, 3.05) is 0 Å². The van der Waals surface area contributed by atoms with E-state index in [4.69, 9.17) is 4.74 Å². The number of rotatable bonds is 9. The Labute approximate surface area is 255 Å². The van der Waals surface area contributed by atoms with Crippen LogP contribution in [0.3, 0.4) is 0 Å². The van der Waals surface area contributed by atoms with Crippen molar-refractivity contribution in [3.63, 3.8) is 0 Å². The van der Waals surface area contributed by atoms with Crippen molar-refractivity contribution < 1.29 is 40.2 Å². The standard InChI is InChI=1S/C35H43F7O2/c1-2-3-22-4-6-25(7-5-22)27-14-18-30(31(36)20-27)26-10-8-23(9-11-26)24-12-15-28(16-13-24)34(38,39)43-29-17-19-33(32(37)21-29)44-35(40,41)42/h14,17-26,28H,2-13,15-16H2,1H3. The Morgan fingerprint density at radius 1 is 0.659 bits per heavy atom. The van der Waals surface area contributed by atoms with Crippen LogP contribution in [0.5, 0.6) is 11.5 Å². The molecule has 0 bridgehead atoms. The lowest BCUT2D eigenvalue weighted by Crippen LogP contribution is -2.38. The molecule has 0 unspecified atom stereocenters. The predicted octanol–water partition coefficient (Wildman–Crippen LogP) is 11.7. The van der Waals surface area contributed by atoms with Gasteiger partial charge in [0.2, 0.25) is 0 Å². The van der Waals surface area contributed by atoms with E-state index < -0.39 is 35.7 Å². The first-order valence-corrected chi connectivity index (χ1v) is 16.3. The summed E-state index contributed by atoms with van der Waals surface area (Å²) in [6.07, 6.45) is 3.98. The summed E-state index contributed by atoms with van der Waals surface area (Å²) < 4.78 is 105. The van der Waals surface area contributed by atoms with Gasteiger partial charge in [-0.3, -0.25) is 0 Å². The molecule has 2 nitrogen and oxygen atoms in total. The second kappa shape index (κ2) is 13.9. The van der Waals surface area contributed by atoms with E-state index in [2.05, 4.69) is 17.7 Å². The zero-order valence-electron chi connectivity index (χ0n) is 25.3. The largest absolute Gasteiger partial charge is 0.573 e. The van der Waals surface area contributed by atoms with Gasteiger partial charge in [-0.05, 0) is 136 Å². The van der Waals surface area contributed by atoms with Gasteiger partial charge in [0.25, 0.3) is 0 Å². The molecule has 0 amide bonds. The molecule has 44 heavy (non-hydrogen) atoms. The molecule has 3 aliphatic rings. The van der Waals surface area contributed by atoms with Crippen LogP contribution >= 0.6 is 0 Å². The van der Waals surface area contributed by atoms with Crippen molar-refractivity contribution in [3.05, 3.63) is 59.2 Å². The van der Waals surface area contributed by atoms with E-state index in [1.807, 2.05) is 6.07 Å². The highest BCUT2D eigenvalue weighted by atomic mass is 19.4. The number of hydrogen-bond acceptors (Lipinski definition) is 2. The lowest BCUT2D eigenvalue weighted by Gasteiger charge is -2.39. The van der Waals surface area contributed by atoms with Crippen LogP contribution in [0.15, 0.2) is 36.4 Å². The smallest absolute Gasteiger partial charge is 0.432 e. The second-order valence-electron chi connectivity index (χ2n) is 13.3. The molecular formula is C35H43F7O2. The fourth-order valence-electron chi connectivity index (χ4n) is 8.14. The molecule has 0 aromatic heterocycles. The van der Waals surface area contributed by atoms with E-state index in [0.717, 1.165) is 61.6 Å². The molecule has 0 aliphatic heterocycles. The van der Waals surface area contributed by atoms with Gasteiger partial charge in [0, 0.05) is 6.07 Å². The highest BCUT2D eigenvalue weighted by Gasteiger charge is 2.45. The molecule has 2 aromatic carbocycles. The molecule has 9 heteroatoms. The fraction of sp³-hybridized carbons (Fsp3) is 0.657. The summed E-state index contributed by atoms with van der Waals surface area (Å²) in [5.74, 6) is -2.08. The third-order valence-corrected chi connectivity index (χ3v) is 10.5. The Hall–Kier alpha value is -2.45. The summed E-state index contributed by atoms with van der Waals surface area (Å²) >= 11 is 0. The molecule has 3 saturated carbocycles. The molecule has 244 valence electrons. The van der Waals surface area contributed by atoms with E-state index >= 15 is 4.39 Å². The third-order valence-electron chi connectivity index (χ3n) is 10.5. The van der Waals surface area contributed by atoms with Crippen molar-refractivity contribution in [2.24, 2.45) is 23.7 Å². The summed E-state index contributed by atoms with van der Waals surface area (Å²) in [5, 5.41) is 0. The van der Waals surface area contributed by atoms with Crippen LogP contribution in [-0.2, 0) is 0 Å². The molecule has 0 atom stereocenters. The summed E-state index contributed by atoms with van der Waals surface area (Å²) in [6.45, 7) is 2.23. The van der Waals surface area contributed by atoms with Gasteiger partial charge in [-0.2, -0.15) is 8.78 Å². The molecule has 0 N–H and O–H groups in total. The Bertz CT molecular complexity index is 1220. The zero-order valence-corrected chi connectivity index (χ0v) is 25.3. The number of halogens is 7. The predicted molar refractivity (Wildman–Crippen MR) is 155 cm³/mol. The summed E-state index contributed by atoms with van der Waals surface area (Å²) in [4.78, 5) is 0. The SMILES string of the molecule is CCCC1CCC(c2ccc(C3CCC(C4CCC(C(F)(F)Oc5ccc(OC(F)(F)F)c(F)c5)CC4)CC3)c(F)c2)CC1.